The van der Waals surface area contributed by atoms with Crippen LogP contribution < -0.4 is 20.1 Å². The van der Waals surface area contributed by atoms with Crippen molar-refractivity contribution in [2.45, 2.75) is 0 Å². The first-order valence-corrected chi connectivity index (χ1v) is 6.18. The van der Waals surface area contributed by atoms with Crippen molar-refractivity contribution in [3.63, 3.8) is 0 Å². The number of amides is 1. The van der Waals surface area contributed by atoms with Gasteiger partial charge in [-0.05, 0) is 24.0 Å². The zero-order valence-electron chi connectivity index (χ0n) is 9.83. The van der Waals surface area contributed by atoms with E-state index in [0.717, 1.165) is 30.3 Å². The summed E-state index contributed by atoms with van der Waals surface area (Å²) in [6, 6.07) is 5.98. The van der Waals surface area contributed by atoms with E-state index in [0.29, 0.717) is 18.6 Å². The molecule has 2 fully saturated rings. The van der Waals surface area contributed by atoms with Gasteiger partial charge in [-0.1, -0.05) is 0 Å². The number of benzene rings is 1. The van der Waals surface area contributed by atoms with Crippen LogP contribution in [0.4, 0.5) is 5.69 Å². The summed E-state index contributed by atoms with van der Waals surface area (Å²) in [5.74, 6) is 2.48. The topological polar surface area (TPSA) is 64.8 Å². The largest absolute Gasteiger partial charge is 0.454 e. The number of rotatable bonds is 2. The van der Waals surface area contributed by atoms with E-state index in [2.05, 4.69) is 4.90 Å². The lowest BCUT2D eigenvalue weighted by Crippen LogP contribution is -2.28. The Morgan fingerprint density at radius 3 is 2.67 bits per heavy atom. The maximum Gasteiger partial charge on any atom is 0.231 e. The third-order valence-corrected chi connectivity index (χ3v) is 4.24. The molecule has 0 spiro atoms. The molecule has 1 saturated heterocycles. The van der Waals surface area contributed by atoms with Crippen molar-refractivity contribution in [1.82, 2.24) is 0 Å². The lowest BCUT2D eigenvalue weighted by molar-refractivity contribution is -0.119. The predicted molar refractivity (Wildman–Crippen MR) is 64.4 cm³/mol. The van der Waals surface area contributed by atoms with Crippen molar-refractivity contribution < 1.29 is 14.3 Å². The number of hydrogen-bond donors (Lipinski definition) is 1. The minimum Gasteiger partial charge on any atom is -0.454 e. The molecule has 2 N–H and O–H groups in total. The standard InChI is InChI=1S/C13H14N2O3/c14-13(16)12-8-4-15(5-9(8)12)7-1-2-10-11(3-7)18-6-17-10/h1-3,8-9,12H,4-6H2,(H2,14,16). The Morgan fingerprint density at radius 2 is 1.94 bits per heavy atom. The minimum atomic E-state index is -0.143. The van der Waals surface area contributed by atoms with Gasteiger partial charge in [-0.15, -0.1) is 0 Å². The first-order valence-electron chi connectivity index (χ1n) is 6.18. The van der Waals surface area contributed by atoms with Crippen molar-refractivity contribution >= 4 is 11.6 Å². The quantitative estimate of drug-likeness (QED) is 0.829. The molecule has 2 unspecified atom stereocenters. The predicted octanol–water partition coefficient (Wildman–Crippen LogP) is 0.583. The Bertz CT molecular complexity index is 519. The fourth-order valence-electron chi connectivity index (χ4n) is 3.24. The maximum atomic E-state index is 11.1. The molecule has 3 aliphatic rings. The van der Waals surface area contributed by atoms with Crippen LogP contribution in [0.5, 0.6) is 11.5 Å². The van der Waals surface area contributed by atoms with Crippen molar-refractivity contribution in [2.24, 2.45) is 23.5 Å². The summed E-state index contributed by atoms with van der Waals surface area (Å²) in [4.78, 5) is 13.4. The Morgan fingerprint density at radius 1 is 1.22 bits per heavy atom. The number of anilines is 1. The SMILES string of the molecule is NC(=O)C1C2CN(c3ccc4c(c3)OCO4)CC21. The van der Waals surface area contributed by atoms with Gasteiger partial charge in [0, 0.05) is 30.8 Å². The van der Waals surface area contributed by atoms with Gasteiger partial charge >= 0.3 is 0 Å². The smallest absolute Gasteiger partial charge is 0.231 e. The molecule has 1 aromatic carbocycles. The van der Waals surface area contributed by atoms with Gasteiger partial charge in [-0.25, -0.2) is 0 Å². The Balaban J connectivity index is 1.52. The van der Waals surface area contributed by atoms with E-state index < -0.39 is 0 Å². The molecular weight excluding hydrogens is 232 g/mol. The van der Waals surface area contributed by atoms with Crippen LogP contribution in [0, 0.1) is 17.8 Å². The number of carbonyl (C=O) groups excluding carboxylic acids is 1. The summed E-state index contributed by atoms with van der Waals surface area (Å²) in [5.41, 5.74) is 6.49. The van der Waals surface area contributed by atoms with Gasteiger partial charge in [-0.2, -0.15) is 0 Å². The Labute approximate surface area is 104 Å². The van der Waals surface area contributed by atoms with Crippen LogP contribution in [0.25, 0.3) is 0 Å². The first-order chi connectivity index (χ1) is 8.74. The molecule has 4 rings (SSSR count). The average Bonchev–Trinajstić information content (AvgIpc) is 2.78. The molecule has 1 aliphatic carbocycles. The van der Waals surface area contributed by atoms with Crippen molar-refractivity contribution in [1.29, 1.82) is 0 Å². The second-order valence-corrected chi connectivity index (χ2v) is 5.20. The van der Waals surface area contributed by atoms with E-state index in [4.69, 9.17) is 15.2 Å². The number of ether oxygens (including phenoxy) is 2. The number of fused-ring (bicyclic) bond motifs is 2. The molecule has 1 amide bonds. The summed E-state index contributed by atoms with van der Waals surface area (Å²) in [7, 11) is 0. The molecule has 0 radical (unpaired) electrons. The van der Waals surface area contributed by atoms with E-state index >= 15 is 0 Å². The lowest BCUT2D eigenvalue weighted by atomic mass is 10.2. The Hall–Kier alpha value is -1.91. The molecule has 1 saturated carbocycles. The number of primary amides is 1. The molecule has 0 bridgehead atoms. The highest BCUT2D eigenvalue weighted by Gasteiger charge is 2.58. The van der Waals surface area contributed by atoms with Crippen LogP contribution in [-0.4, -0.2) is 25.8 Å². The molecule has 18 heavy (non-hydrogen) atoms. The van der Waals surface area contributed by atoms with Crippen molar-refractivity contribution in [3.05, 3.63) is 18.2 Å². The summed E-state index contributed by atoms with van der Waals surface area (Å²) in [6.45, 7) is 2.13. The van der Waals surface area contributed by atoms with Crippen LogP contribution in [0.1, 0.15) is 0 Å². The fraction of sp³-hybridized carbons (Fsp3) is 0.462. The third kappa shape index (κ3) is 1.30. The van der Waals surface area contributed by atoms with Crippen LogP contribution >= 0.6 is 0 Å². The highest BCUT2D eigenvalue weighted by Crippen LogP contribution is 2.52. The molecule has 1 aromatic rings. The molecule has 0 aromatic heterocycles. The molecular formula is C13H14N2O3. The highest BCUT2D eigenvalue weighted by molar-refractivity contribution is 5.81. The van der Waals surface area contributed by atoms with Crippen LogP contribution in [0.15, 0.2) is 18.2 Å². The lowest BCUT2D eigenvalue weighted by Gasteiger charge is -2.21. The van der Waals surface area contributed by atoms with E-state index in [1.165, 1.54) is 0 Å². The van der Waals surface area contributed by atoms with E-state index in [1.807, 2.05) is 18.2 Å². The van der Waals surface area contributed by atoms with Crippen LogP contribution in [0.2, 0.25) is 0 Å². The van der Waals surface area contributed by atoms with E-state index in [9.17, 15) is 4.79 Å². The minimum absolute atomic E-state index is 0.107. The summed E-state index contributed by atoms with van der Waals surface area (Å²) in [6.07, 6.45) is 0. The van der Waals surface area contributed by atoms with Gasteiger partial charge in [0.05, 0.1) is 0 Å². The second-order valence-electron chi connectivity index (χ2n) is 5.20. The van der Waals surface area contributed by atoms with Gasteiger partial charge in [0.15, 0.2) is 11.5 Å². The summed E-state index contributed by atoms with van der Waals surface area (Å²) >= 11 is 0. The number of hydrogen-bond acceptors (Lipinski definition) is 4. The van der Waals surface area contributed by atoms with E-state index in [-0.39, 0.29) is 11.8 Å². The average molecular weight is 246 g/mol. The zero-order valence-corrected chi connectivity index (χ0v) is 9.83. The summed E-state index contributed by atoms with van der Waals surface area (Å²) < 4.78 is 10.7. The number of carbonyl (C=O) groups is 1. The van der Waals surface area contributed by atoms with Gasteiger partial charge in [0.1, 0.15) is 0 Å². The molecule has 94 valence electrons. The van der Waals surface area contributed by atoms with Crippen molar-refractivity contribution in [2.75, 3.05) is 24.8 Å². The maximum absolute atomic E-state index is 11.1. The van der Waals surface area contributed by atoms with Gasteiger partial charge < -0.3 is 20.1 Å². The number of piperidine rings is 1. The number of nitrogens with two attached hydrogens (primary N) is 1. The first kappa shape index (κ1) is 10.1. The normalized spacial score (nSPS) is 31.3. The van der Waals surface area contributed by atoms with E-state index in [1.54, 1.807) is 0 Å². The second kappa shape index (κ2) is 3.31. The zero-order chi connectivity index (χ0) is 12.3. The molecule has 2 aliphatic heterocycles. The fourth-order valence-corrected chi connectivity index (χ4v) is 3.24. The van der Waals surface area contributed by atoms with Crippen LogP contribution in [0.3, 0.4) is 0 Å². The van der Waals surface area contributed by atoms with Gasteiger partial charge in [0.25, 0.3) is 0 Å². The van der Waals surface area contributed by atoms with Crippen molar-refractivity contribution in [3.8, 4) is 11.5 Å². The third-order valence-electron chi connectivity index (χ3n) is 4.24. The van der Waals surface area contributed by atoms with Crippen LogP contribution in [-0.2, 0) is 4.79 Å². The molecule has 2 heterocycles. The Kier molecular flexibility index (Phi) is 1.85. The summed E-state index contributed by atoms with van der Waals surface area (Å²) in [5, 5.41) is 0. The molecule has 5 heteroatoms. The van der Waals surface area contributed by atoms with Gasteiger partial charge in [0.2, 0.25) is 12.7 Å². The number of nitrogens with zero attached hydrogens (tertiary/aromatic N) is 1. The van der Waals surface area contributed by atoms with Gasteiger partial charge in [-0.3, -0.25) is 4.79 Å². The molecule has 2 atom stereocenters. The monoisotopic (exact) mass is 246 g/mol. The molecule has 5 nitrogen and oxygen atoms in total. The highest BCUT2D eigenvalue weighted by atomic mass is 16.7.